The molecule has 0 heterocycles. The molecule has 26 heavy (non-hydrogen) atoms. The van der Waals surface area contributed by atoms with Crippen LogP contribution in [0.1, 0.15) is 56.7 Å². The average Bonchev–Trinajstić information content (AvgIpc) is 2.64. The number of benzene rings is 2. The second kappa shape index (κ2) is 10.1. The zero-order valence-electron chi connectivity index (χ0n) is 16.3. The Kier molecular flexibility index (Phi) is 7.86. The van der Waals surface area contributed by atoms with Gasteiger partial charge in [0.2, 0.25) is 0 Å². The highest BCUT2D eigenvalue weighted by molar-refractivity contribution is 5.38. The van der Waals surface area contributed by atoms with Gasteiger partial charge >= 0.3 is 0 Å². The number of carbonyl (C=O) groups is 1. The molecule has 139 valence electrons. The molecule has 0 aliphatic carbocycles. The van der Waals surface area contributed by atoms with E-state index in [1.54, 1.807) is 0 Å². The first-order valence-electron chi connectivity index (χ1n) is 9.39. The molecule has 2 aromatic rings. The molecule has 0 N–H and O–H groups in total. The predicted molar refractivity (Wildman–Crippen MR) is 106 cm³/mol. The lowest BCUT2D eigenvalue weighted by atomic mass is 9.87. The van der Waals surface area contributed by atoms with Gasteiger partial charge < -0.3 is 4.74 Å². The van der Waals surface area contributed by atoms with E-state index in [0.29, 0.717) is 25.2 Å². The van der Waals surface area contributed by atoms with E-state index >= 15 is 0 Å². The van der Waals surface area contributed by atoms with Gasteiger partial charge in [-0.3, -0.25) is 9.69 Å². The van der Waals surface area contributed by atoms with Crippen LogP contribution in [0.4, 0.5) is 0 Å². The van der Waals surface area contributed by atoms with E-state index in [2.05, 4.69) is 69.0 Å². The number of hydrogen-bond donors (Lipinski definition) is 0. The number of nitrogens with zero attached hydrogens (tertiary/aromatic N) is 1. The van der Waals surface area contributed by atoms with Gasteiger partial charge in [-0.05, 0) is 63.4 Å². The van der Waals surface area contributed by atoms with Gasteiger partial charge in [0.05, 0.1) is 0 Å². The highest BCUT2D eigenvalue weighted by Crippen LogP contribution is 2.29. The van der Waals surface area contributed by atoms with Crippen LogP contribution < -0.4 is 0 Å². The first-order chi connectivity index (χ1) is 12.5. The molecule has 0 amide bonds. The smallest absolute Gasteiger partial charge is 0.293 e. The predicted octanol–water partition coefficient (Wildman–Crippen LogP) is 4.80. The summed E-state index contributed by atoms with van der Waals surface area (Å²) in [6, 6.07) is 21.0. The zero-order chi connectivity index (χ0) is 18.9. The molecule has 1 atom stereocenters. The van der Waals surface area contributed by atoms with Crippen LogP contribution in [-0.4, -0.2) is 30.0 Å². The van der Waals surface area contributed by atoms with Crippen molar-refractivity contribution in [3.8, 4) is 0 Å². The molecule has 0 aliphatic rings. The van der Waals surface area contributed by atoms with Crippen molar-refractivity contribution in [3.63, 3.8) is 0 Å². The van der Waals surface area contributed by atoms with Crippen LogP contribution in [0.3, 0.4) is 0 Å². The van der Waals surface area contributed by atoms with Gasteiger partial charge in [0.25, 0.3) is 6.47 Å². The van der Waals surface area contributed by atoms with Gasteiger partial charge in [-0.15, -0.1) is 0 Å². The number of carbonyl (C=O) groups excluding carboxylic acids is 1. The Bertz CT molecular complexity index is 659. The van der Waals surface area contributed by atoms with Crippen LogP contribution in [-0.2, 0) is 16.1 Å². The molecule has 0 saturated heterocycles. The van der Waals surface area contributed by atoms with Crippen molar-refractivity contribution in [3.05, 3.63) is 71.3 Å². The Balaban J connectivity index is 2.26. The molecule has 0 saturated carbocycles. The first-order valence-corrected chi connectivity index (χ1v) is 9.39. The Morgan fingerprint density at radius 3 is 2.38 bits per heavy atom. The highest BCUT2D eigenvalue weighted by Gasteiger charge is 2.19. The fraction of sp³-hybridized carbons (Fsp3) is 0.435. The number of ether oxygens (including phenoxy) is 1. The average molecular weight is 352 g/mol. The second-order valence-corrected chi connectivity index (χ2v) is 7.24. The maximum atomic E-state index is 10.5. The van der Waals surface area contributed by atoms with Gasteiger partial charge in [-0.25, -0.2) is 0 Å². The molecule has 2 aromatic carbocycles. The largest absolute Gasteiger partial charge is 0.463 e. The van der Waals surface area contributed by atoms with E-state index < -0.39 is 0 Å². The zero-order valence-corrected chi connectivity index (χ0v) is 16.3. The van der Waals surface area contributed by atoms with E-state index in [-0.39, 0.29) is 5.92 Å². The van der Waals surface area contributed by atoms with Crippen molar-refractivity contribution >= 4 is 6.47 Å². The number of rotatable bonds is 10. The van der Waals surface area contributed by atoms with Crippen LogP contribution >= 0.6 is 0 Å². The SMILES string of the molecule is CC(C)N(CCC(c1[c]ccc(COC=O)c1)c1ccccc1)C(C)C. The third-order valence-electron chi connectivity index (χ3n) is 4.79. The molecule has 0 fully saturated rings. The first kappa shape index (κ1) is 20.2. The molecule has 1 radical (unpaired) electrons. The molecular weight excluding hydrogens is 322 g/mol. The summed E-state index contributed by atoms with van der Waals surface area (Å²) in [4.78, 5) is 13.0. The molecule has 0 aliphatic heterocycles. The highest BCUT2D eigenvalue weighted by atomic mass is 16.5. The van der Waals surface area contributed by atoms with Crippen molar-refractivity contribution in [2.24, 2.45) is 0 Å². The summed E-state index contributed by atoms with van der Waals surface area (Å²) < 4.78 is 4.92. The maximum absolute atomic E-state index is 10.5. The Hall–Kier alpha value is -2.13. The van der Waals surface area contributed by atoms with Crippen molar-refractivity contribution in [2.75, 3.05) is 6.54 Å². The molecule has 3 heteroatoms. The van der Waals surface area contributed by atoms with E-state index in [9.17, 15) is 4.79 Å². The standard InChI is InChI=1S/C23H30NO2/c1-18(2)24(19(3)4)14-13-23(21-10-6-5-7-11-21)22-12-8-9-20(15-22)16-26-17-25/h5-11,15,17-19,23H,13-14,16H2,1-4H3. The fourth-order valence-corrected chi connectivity index (χ4v) is 3.53. The van der Waals surface area contributed by atoms with Gasteiger partial charge in [0, 0.05) is 18.0 Å². The normalized spacial score (nSPS) is 12.6. The summed E-state index contributed by atoms with van der Waals surface area (Å²) in [5, 5.41) is 0. The maximum Gasteiger partial charge on any atom is 0.293 e. The van der Waals surface area contributed by atoms with Crippen LogP contribution in [0.25, 0.3) is 0 Å². The van der Waals surface area contributed by atoms with Crippen molar-refractivity contribution in [2.45, 2.75) is 58.7 Å². The van der Waals surface area contributed by atoms with Crippen LogP contribution in [0, 0.1) is 6.07 Å². The van der Waals surface area contributed by atoms with Crippen molar-refractivity contribution in [1.82, 2.24) is 4.90 Å². The van der Waals surface area contributed by atoms with Gasteiger partial charge in [-0.2, -0.15) is 0 Å². The van der Waals surface area contributed by atoms with Gasteiger partial charge in [0.15, 0.2) is 0 Å². The van der Waals surface area contributed by atoms with E-state index in [0.717, 1.165) is 24.1 Å². The molecule has 2 rings (SSSR count). The third kappa shape index (κ3) is 5.70. The van der Waals surface area contributed by atoms with E-state index in [1.807, 2.05) is 18.2 Å². The quantitative estimate of drug-likeness (QED) is 0.575. The topological polar surface area (TPSA) is 29.5 Å². The minimum absolute atomic E-state index is 0.271. The van der Waals surface area contributed by atoms with Crippen molar-refractivity contribution in [1.29, 1.82) is 0 Å². The third-order valence-corrected chi connectivity index (χ3v) is 4.79. The molecule has 1 unspecified atom stereocenters. The summed E-state index contributed by atoms with van der Waals surface area (Å²) in [7, 11) is 0. The minimum Gasteiger partial charge on any atom is -0.463 e. The molecule has 0 bridgehead atoms. The van der Waals surface area contributed by atoms with Gasteiger partial charge in [0.1, 0.15) is 6.61 Å². The summed E-state index contributed by atoms with van der Waals surface area (Å²) in [5.74, 6) is 0.271. The lowest BCUT2D eigenvalue weighted by molar-refractivity contribution is -0.129. The fourth-order valence-electron chi connectivity index (χ4n) is 3.53. The lowest BCUT2D eigenvalue weighted by Gasteiger charge is -2.32. The molecular formula is C23H30NO2. The summed E-state index contributed by atoms with van der Waals surface area (Å²) in [6.07, 6.45) is 1.02. The van der Waals surface area contributed by atoms with Crippen molar-refractivity contribution < 1.29 is 9.53 Å². The number of hydrogen-bond acceptors (Lipinski definition) is 3. The van der Waals surface area contributed by atoms with E-state index in [4.69, 9.17) is 4.74 Å². The summed E-state index contributed by atoms with van der Waals surface area (Å²) >= 11 is 0. The molecule has 0 aromatic heterocycles. The summed E-state index contributed by atoms with van der Waals surface area (Å²) in [5.41, 5.74) is 3.44. The van der Waals surface area contributed by atoms with Gasteiger partial charge in [-0.1, -0.05) is 48.5 Å². The van der Waals surface area contributed by atoms with Crippen LogP contribution in [0.5, 0.6) is 0 Å². The Morgan fingerprint density at radius 2 is 1.77 bits per heavy atom. The van der Waals surface area contributed by atoms with Crippen LogP contribution in [0.2, 0.25) is 0 Å². The molecule has 3 nitrogen and oxygen atoms in total. The summed E-state index contributed by atoms with van der Waals surface area (Å²) in [6.45, 7) is 10.8. The second-order valence-electron chi connectivity index (χ2n) is 7.24. The monoisotopic (exact) mass is 352 g/mol. The van der Waals surface area contributed by atoms with Crippen LogP contribution in [0.15, 0.2) is 48.5 Å². The van der Waals surface area contributed by atoms with E-state index in [1.165, 1.54) is 5.56 Å². The minimum atomic E-state index is 0.271. The molecule has 0 spiro atoms. The lowest BCUT2D eigenvalue weighted by Crippen LogP contribution is -2.38. The Morgan fingerprint density at radius 1 is 1.08 bits per heavy atom. The Labute approximate surface area is 158 Å².